The highest BCUT2D eigenvalue weighted by Crippen LogP contribution is 1.93. The molecule has 0 saturated heterocycles. The van der Waals surface area contributed by atoms with E-state index in [9.17, 15) is 0 Å². The van der Waals surface area contributed by atoms with Crippen molar-refractivity contribution in [3.63, 3.8) is 0 Å². The van der Waals surface area contributed by atoms with Gasteiger partial charge in [0.05, 0.1) is 19.8 Å². The summed E-state index contributed by atoms with van der Waals surface area (Å²) < 4.78 is 9.97. The molecule has 0 heterocycles. The molecule has 4 heteroatoms. The summed E-state index contributed by atoms with van der Waals surface area (Å²) in [6.45, 7) is 3.35. The fourth-order valence-corrected chi connectivity index (χ4v) is 0.665. The van der Waals surface area contributed by atoms with Crippen molar-refractivity contribution in [2.45, 2.75) is 26.1 Å². The summed E-state index contributed by atoms with van der Waals surface area (Å²) in [5, 5.41) is 17.3. The van der Waals surface area contributed by atoms with E-state index < -0.39 is 6.29 Å². The molecule has 0 radical (unpaired) electrons. The van der Waals surface area contributed by atoms with E-state index in [1.807, 2.05) is 6.92 Å². The van der Waals surface area contributed by atoms with Gasteiger partial charge in [-0.2, -0.15) is 0 Å². The van der Waals surface area contributed by atoms with Crippen molar-refractivity contribution in [1.82, 2.24) is 0 Å². The fourth-order valence-electron chi connectivity index (χ4n) is 0.665. The van der Waals surface area contributed by atoms with Gasteiger partial charge in [0.1, 0.15) is 0 Å². The lowest BCUT2D eigenvalue weighted by atomic mass is 10.4. The second-order valence-corrected chi connectivity index (χ2v) is 2.42. The third-order valence-corrected chi connectivity index (χ3v) is 1.33. The van der Waals surface area contributed by atoms with Gasteiger partial charge in [0.25, 0.3) is 0 Å². The van der Waals surface area contributed by atoms with Crippen LogP contribution < -0.4 is 0 Å². The van der Waals surface area contributed by atoms with Gasteiger partial charge in [-0.05, 0) is 12.8 Å². The van der Waals surface area contributed by atoms with Crippen LogP contribution in [0.2, 0.25) is 0 Å². The van der Waals surface area contributed by atoms with Crippen molar-refractivity contribution in [1.29, 1.82) is 0 Å². The van der Waals surface area contributed by atoms with Crippen molar-refractivity contribution >= 4 is 0 Å². The van der Waals surface area contributed by atoms with E-state index in [-0.39, 0.29) is 6.61 Å². The molecule has 1 unspecified atom stereocenters. The lowest BCUT2D eigenvalue weighted by Crippen LogP contribution is -2.12. The Morgan fingerprint density at radius 2 is 2.00 bits per heavy atom. The number of aliphatic hydroxyl groups excluding tert-OH is 2. The largest absolute Gasteiger partial charge is 0.394 e. The van der Waals surface area contributed by atoms with Crippen molar-refractivity contribution in [3.05, 3.63) is 0 Å². The zero-order valence-corrected chi connectivity index (χ0v) is 7.53. The Kier molecular flexibility index (Phi) is 8.81. The summed E-state index contributed by atoms with van der Waals surface area (Å²) in [6, 6.07) is 0. The van der Waals surface area contributed by atoms with Gasteiger partial charge in [-0.15, -0.1) is 0 Å². The molecule has 0 aliphatic rings. The van der Waals surface area contributed by atoms with Crippen LogP contribution in [-0.4, -0.2) is 42.9 Å². The number of aliphatic hydroxyl groups is 2. The maximum Gasteiger partial charge on any atom is 0.154 e. The Hall–Kier alpha value is -0.160. The maximum atomic E-state index is 8.96. The molecule has 0 aromatic carbocycles. The van der Waals surface area contributed by atoms with Crippen molar-refractivity contribution in [3.8, 4) is 0 Å². The van der Waals surface area contributed by atoms with Crippen LogP contribution in [0.15, 0.2) is 0 Å². The number of hydrogen-bond donors (Lipinski definition) is 2. The summed E-state index contributed by atoms with van der Waals surface area (Å²) >= 11 is 0. The first-order chi connectivity index (χ1) is 5.81. The monoisotopic (exact) mass is 178 g/mol. The van der Waals surface area contributed by atoms with Gasteiger partial charge in [0.2, 0.25) is 0 Å². The van der Waals surface area contributed by atoms with Gasteiger partial charge in [-0.25, -0.2) is 0 Å². The fraction of sp³-hybridized carbons (Fsp3) is 1.00. The first-order valence-corrected chi connectivity index (χ1v) is 4.29. The molecule has 2 N–H and O–H groups in total. The van der Waals surface area contributed by atoms with Crippen LogP contribution in [0.3, 0.4) is 0 Å². The van der Waals surface area contributed by atoms with Crippen LogP contribution in [0.5, 0.6) is 0 Å². The highest BCUT2D eigenvalue weighted by atomic mass is 16.6. The first-order valence-electron chi connectivity index (χ1n) is 4.29. The minimum atomic E-state index is -0.650. The van der Waals surface area contributed by atoms with Crippen LogP contribution in [-0.2, 0) is 9.47 Å². The van der Waals surface area contributed by atoms with E-state index in [2.05, 4.69) is 0 Å². The van der Waals surface area contributed by atoms with Crippen molar-refractivity contribution in [2.24, 2.45) is 0 Å². The van der Waals surface area contributed by atoms with E-state index in [0.29, 0.717) is 26.2 Å². The summed E-state index contributed by atoms with van der Waals surface area (Å²) in [5.41, 5.74) is 0. The van der Waals surface area contributed by atoms with E-state index in [1.165, 1.54) is 0 Å². The molecule has 0 spiro atoms. The second-order valence-electron chi connectivity index (χ2n) is 2.42. The average Bonchev–Trinajstić information content (AvgIpc) is 2.10. The van der Waals surface area contributed by atoms with E-state index in [0.717, 1.165) is 6.42 Å². The van der Waals surface area contributed by atoms with Gasteiger partial charge in [0, 0.05) is 6.61 Å². The summed E-state index contributed by atoms with van der Waals surface area (Å²) in [7, 11) is 0. The number of rotatable bonds is 8. The standard InChI is InChI=1S/C8H18O4/c1-2-8(10)12-6-3-5-11-7-4-9/h8-10H,2-7H2,1H3. The SMILES string of the molecule is CCC(O)OCCCOCCO. The lowest BCUT2D eigenvalue weighted by Gasteiger charge is -2.08. The molecule has 0 aliphatic carbocycles. The van der Waals surface area contributed by atoms with Crippen LogP contribution in [0, 0.1) is 0 Å². The third-order valence-electron chi connectivity index (χ3n) is 1.33. The molecule has 74 valence electrons. The minimum Gasteiger partial charge on any atom is -0.394 e. The Bertz CT molecular complexity index is 87.1. The molecular weight excluding hydrogens is 160 g/mol. The van der Waals surface area contributed by atoms with E-state index in [1.54, 1.807) is 0 Å². The molecular formula is C8H18O4. The second kappa shape index (κ2) is 8.93. The Morgan fingerprint density at radius 1 is 1.25 bits per heavy atom. The van der Waals surface area contributed by atoms with E-state index in [4.69, 9.17) is 19.7 Å². The molecule has 0 rings (SSSR count). The molecule has 12 heavy (non-hydrogen) atoms. The lowest BCUT2D eigenvalue weighted by molar-refractivity contribution is -0.104. The zero-order valence-electron chi connectivity index (χ0n) is 7.53. The van der Waals surface area contributed by atoms with Gasteiger partial charge >= 0.3 is 0 Å². The predicted octanol–water partition coefficient (Wildman–Crippen LogP) is 0.130. The Morgan fingerprint density at radius 3 is 2.58 bits per heavy atom. The predicted molar refractivity (Wildman–Crippen MR) is 44.8 cm³/mol. The Labute approximate surface area is 73.1 Å². The topological polar surface area (TPSA) is 58.9 Å². The number of ether oxygens (including phenoxy) is 2. The van der Waals surface area contributed by atoms with Crippen LogP contribution in [0.25, 0.3) is 0 Å². The number of hydrogen-bond acceptors (Lipinski definition) is 4. The zero-order chi connectivity index (χ0) is 9.23. The van der Waals surface area contributed by atoms with Gasteiger partial charge in [-0.1, -0.05) is 6.92 Å². The van der Waals surface area contributed by atoms with Gasteiger partial charge < -0.3 is 19.7 Å². The molecule has 0 bridgehead atoms. The summed E-state index contributed by atoms with van der Waals surface area (Å²) in [6.07, 6.45) is 0.706. The minimum absolute atomic E-state index is 0.0540. The Balaban J connectivity index is 2.90. The smallest absolute Gasteiger partial charge is 0.154 e. The molecule has 0 aromatic rings. The van der Waals surface area contributed by atoms with Crippen LogP contribution in [0.4, 0.5) is 0 Å². The molecule has 0 saturated carbocycles. The molecule has 0 aliphatic heterocycles. The molecule has 0 amide bonds. The summed E-state index contributed by atoms with van der Waals surface area (Å²) in [5.74, 6) is 0. The van der Waals surface area contributed by atoms with Crippen molar-refractivity contribution in [2.75, 3.05) is 26.4 Å². The van der Waals surface area contributed by atoms with Crippen molar-refractivity contribution < 1.29 is 19.7 Å². The summed E-state index contributed by atoms with van der Waals surface area (Å²) in [4.78, 5) is 0. The molecule has 1 atom stereocenters. The molecule has 0 fully saturated rings. The molecule has 0 aromatic heterocycles. The van der Waals surface area contributed by atoms with Gasteiger partial charge in [0.15, 0.2) is 6.29 Å². The quantitative estimate of drug-likeness (QED) is 0.410. The normalized spacial score (nSPS) is 13.2. The average molecular weight is 178 g/mol. The molecule has 4 nitrogen and oxygen atoms in total. The van der Waals surface area contributed by atoms with E-state index >= 15 is 0 Å². The highest BCUT2D eigenvalue weighted by molar-refractivity contribution is 4.38. The third kappa shape index (κ3) is 7.94. The first kappa shape index (κ1) is 11.8. The van der Waals surface area contributed by atoms with Gasteiger partial charge in [-0.3, -0.25) is 0 Å². The van der Waals surface area contributed by atoms with Crippen LogP contribution >= 0.6 is 0 Å². The van der Waals surface area contributed by atoms with Crippen LogP contribution in [0.1, 0.15) is 19.8 Å². The highest BCUT2D eigenvalue weighted by Gasteiger charge is 1.98. The maximum absolute atomic E-state index is 8.96.